The van der Waals surface area contributed by atoms with E-state index in [-0.39, 0.29) is 0 Å². The fourth-order valence-corrected chi connectivity index (χ4v) is 1.76. The van der Waals surface area contributed by atoms with Gasteiger partial charge in [0.25, 0.3) is 11.8 Å². The normalized spacial score (nSPS) is 9.81. The summed E-state index contributed by atoms with van der Waals surface area (Å²) in [5.41, 5.74) is 2.07. The second kappa shape index (κ2) is 4.81. The molecule has 0 atom stereocenters. The molecule has 0 heterocycles. The highest BCUT2D eigenvalue weighted by Gasteiger charge is 2.14. The van der Waals surface area contributed by atoms with Crippen LogP contribution in [-0.4, -0.2) is 9.97 Å². The van der Waals surface area contributed by atoms with Crippen molar-refractivity contribution in [2.45, 2.75) is 0 Å². The molecule has 0 aliphatic carbocycles. The van der Waals surface area contributed by atoms with Gasteiger partial charge in [-0.15, -0.1) is 0 Å². The monoisotopic (exact) mass is 231 g/mol. The van der Waals surface area contributed by atoms with Crippen LogP contribution in [-0.2, 0) is 0 Å². The van der Waals surface area contributed by atoms with E-state index in [0.717, 1.165) is 11.1 Å². The van der Waals surface area contributed by atoms with Gasteiger partial charge in [-0.3, -0.25) is 0 Å². The molecule has 0 radical (unpaired) electrons. The number of rotatable bonds is 2. The van der Waals surface area contributed by atoms with Crippen molar-refractivity contribution in [1.29, 1.82) is 0 Å². The Hall–Kier alpha value is -1.80. The van der Waals surface area contributed by atoms with Gasteiger partial charge in [0.05, 0.1) is 0 Å². The van der Waals surface area contributed by atoms with Crippen molar-refractivity contribution in [1.82, 2.24) is 0 Å². The lowest BCUT2D eigenvalue weighted by molar-refractivity contribution is -0.283. The van der Waals surface area contributed by atoms with E-state index in [1.807, 2.05) is 60.7 Å². The van der Waals surface area contributed by atoms with Crippen molar-refractivity contribution in [2.24, 2.45) is 0 Å². The summed E-state index contributed by atoms with van der Waals surface area (Å²) in [7, 11) is 0. The number of hydrogen-bond acceptors (Lipinski definition) is 1. The Balaban J connectivity index is 2.54. The van der Waals surface area contributed by atoms with Gasteiger partial charge in [0.2, 0.25) is 5.71 Å². The first-order chi connectivity index (χ1) is 7.79. The van der Waals surface area contributed by atoms with E-state index in [9.17, 15) is 5.21 Å². The fraction of sp³-hybridized carbons (Fsp3) is 0. The predicted molar refractivity (Wildman–Crippen MR) is 65.6 cm³/mol. The fourth-order valence-electron chi connectivity index (χ4n) is 1.56. The predicted octanol–water partition coefficient (Wildman–Crippen LogP) is 3.19. The lowest BCUT2D eigenvalue weighted by Gasteiger charge is -2.04. The molecule has 0 bridgehead atoms. The van der Waals surface area contributed by atoms with Crippen molar-refractivity contribution in [3.63, 3.8) is 0 Å². The molecule has 16 heavy (non-hydrogen) atoms. The first-order valence-corrected chi connectivity index (χ1v) is 5.23. The maximum absolute atomic E-state index is 11.4. The van der Waals surface area contributed by atoms with Crippen LogP contribution in [0.3, 0.4) is 0 Å². The summed E-state index contributed by atoms with van der Waals surface area (Å²) in [6.45, 7) is 0. The molecule has 0 unspecified atom stereocenters. The second-order valence-corrected chi connectivity index (χ2v) is 3.63. The molecule has 0 spiro atoms. The van der Waals surface area contributed by atoms with E-state index in [4.69, 9.17) is 11.8 Å². The third kappa shape index (κ3) is 2.23. The van der Waals surface area contributed by atoms with E-state index in [2.05, 4.69) is 0 Å². The average molecular weight is 232 g/mol. The van der Waals surface area contributed by atoms with Gasteiger partial charge in [0.1, 0.15) is 0 Å². The smallest absolute Gasteiger partial charge is 0.276 e. The van der Waals surface area contributed by atoms with Crippen molar-refractivity contribution >= 4 is 17.5 Å². The summed E-state index contributed by atoms with van der Waals surface area (Å²) in [4.78, 5) is 0. The quantitative estimate of drug-likeness (QED) is 0.337. The average Bonchev–Trinajstić information content (AvgIpc) is 2.31. The van der Waals surface area contributed by atoms with Crippen molar-refractivity contribution in [3.05, 3.63) is 77.0 Å². The minimum absolute atomic E-state index is 0.380. The largest absolute Gasteiger partial charge is 0.604 e. The third-order valence-corrected chi connectivity index (χ3v) is 2.44. The zero-order valence-corrected chi connectivity index (χ0v) is 9.26. The number of nitrogens with zero attached hydrogens (tertiary/aromatic N) is 1. The van der Waals surface area contributed by atoms with Crippen LogP contribution in [0.2, 0.25) is 0 Å². The standard InChI is InChI=1S/C13H10ClNO/c14-15(16)13(11-7-3-1-4-8-11)12-9-5-2-6-10-12/h1-10H. The van der Waals surface area contributed by atoms with E-state index < -0.39 is 0 Å². The topological polar surface area (TPSA) is 26.1 Å². The van der Waals surface area contributed by atoms with Gasteiger partial charge < -0.3 is 5.21 Å². The first kappa shape index (κ1) is 10.7. The molecule has 3 heteroatoms. The van der Waals surface area contributed by atoms with Gasteiger partial charge in [-0.05, 0) is 24.3 Å². The summed E-state index contributed by atoms with van der Waals surface area (Å²) < 4.78 is 0.380. The Labute approximate surface area is 99.1 Å². The highest BCUT2D eigenvalue weighted by Crippen LogP contribution is 2.11. The van der Waals surface area contributed by atoms with Gasteiger partial charge in [-0.1, -0.05) is 40.7 Å². The summed E-state index contributed by atoms with van der Waals surface area (Å²) >= 11 is 5.55. The lowest BCUT2D eigenvalue weighted by Crippen LogP contribution is -2.11. The number of benzene rings is 2. The first-order valence-electron chi connectivity index (χ1n) is 4.90. The van der Waals surface area contributed by atoms with Crippen LogP contribution in [0.25, 0.3) is 0 Å². The van der Waals surface area contributed by atoms with Crippen LogP contribution in [0.15, 0.2) is 60.7 Å². The van der Waals surface area contributed by atoms with Crippen LogP contribution in [0.1, 0.15) is 11.1 Å². The maximum atomic E-state index is 11.4. The minimum atomic E-state index is 0.380. The van der Waals surface area contributed by atoms with Crippen molar-refractivity contribution in [2.75, 3.05) is 0 Å². The molecule has 0 saturated carbocycles. The van der Waals surface area contributed by atoms with Crippen LogP contribution < -0.4 is 0 Å². The SMILES string of the molecule is [O-][N+](Cl)=C(c1ccccc1)c1ccccc1. The molecule has 0 saturated heterocycles. The Morgan fingerprint density at radius 3 is 1.50 bits per heavy atom. The molecule has 0 amide bonds. The number of halogens is 1. The van der Waals surface area contributed by atoms with Crippen LogP contribution in [0.5, 0.6) is 0 Å². The maximum Gasteiger partial charge on any atom is 0.276 e. The van der Waals surface area contributed by atoms with Gasteiger partial charge in [-0.2, -0.15) is 0 Å². The van der Waals surface area contributed by atoms with Crippen molar-refractivity contribution in [3.8, 4) is 0 Å². The molecular formula is C13H10ClNO. The Bertz CT molecular complexity index is 448. The Morgan fingerprint density at radius 2 is 1.19 bits per heavy atom. The molecule has 0 aliphatic heterocycles. The van der Waals surface area contributed by atoms with Gasteiger partial charge in [0.15, 0.2) is 0 Å². The van der Waals surface area contributed by atoms with Crippen LogP contribution in [0, 0.1) is 5.21 Å². The molecular weight excluding hydrogens is 222 g/mol. The minimum Gasteiger partial charge on any atom is -0.604 e. The van der Waals surface area contributed by atoms with Gasteiger partial charge in [-0.25, -0.2) is 0 Å². The molecule has 0 aromatic heterocycles. The zero-order valence-electron chi connectivity index (χ0n) is 8.51. The summed E-state index contributed by atoms with van der Waals surface area (Å²) in [6, 6.07) is 18.7. The highest BCUT2D eigenvalue weighted by atomic mass is 35.5. The van der Waals surface area contributed by atoms with Crippen LogP contribution >= 0.6 is 11.8 Å². The third-order valence-electron chi connectivity index (χ3n) is 2.27. The summed E-state index contributed by atoms with van der Waals surface area (Å²) in [6.07, 6.45) is 0. The zero-order chi connectivity index (χ0) is 11.4. The summed E-state index contributed by atoms with van der Waals surface area (Å²) in [5.74, 6) is 0. The molecule has 0 fully saturated rings. The molecule has 2 rings (SSSR count). The molecule has 2 aromatic carbocycles. The Morgan fingerprint density at radius 1 is 0.812 bits per heavy atom. The highest BCUT2D eigenvalue weighted by molar-refractivity contribution is 6.17. The molecule has 2 aromatic rings. The second-order valence-electron chi connectivity index (χ2n) is 3.33. The number of hydrogen-bond donors (Lipinski definition) is 0. The van der Waals surface area contributed by atoms with E-state index in [0.29, 0.717) is 9.97 Å². The molecule has 2 nitrogen and oxygen atoms in total. The van der Waals surface area contributed by atoms with E-state index >= 15 is 0 Å². The van der Waals surface area contributed by atoms with E-state index in [1.54, 1.807) is 0 Å². The van der Waals surface area contributed by atoms with Gasteiger partial charge in [0, 0.05) is 11.1 Å². The van der Waals surface area contributed by atoms with Crippen LogP contribution in [0.4, 0.5) is 0 Å². The van der Waals surface area contributed by atoms with E-state index in [1.165, 1.54) is 0 Å². The summed E-state index contributed by atoms with van der Waals surface area (Å²) in [5, 5.41) is 11.4. The molecule has 80 valence electrons. The molecule has 0 N–H and O–H groups in total. The van der Waals surface area contributed by atoms with Crippen molar-refractivity contribution < 1.29 is 4.26 Å². The Kier molecular flexibility index (Phi) is 3.22. The lowest BCUT2D eigenvalue weighted by atomic mass is 10.0. The van der Waals surface area contributed by atoms with Gasteiger partial charge >= 0.3 is 0 Å². The molecule has 0 aliphatic rings.